The van der Waals surface area contributed by atoms with Gasteiger partial charge in [-0.25, -0.2) is 18.4 Å². The third-order valence-electron chi connectivity index (χ3n) is 4.52. The van der Waals surface area contributed by atoms with Crippen LogP contribution in [0.25, 0.3) is 11.1 Å². The predicted octanol–water partition coefficient (Wildman–Crippen LogP) is 1.66. The number of hydrogen-bond donors (Lipinski definition) is 3. The van der Waals surface area contributed by atoms with E-state index in [0.29, 0.717) is 0 Å². The Kier molecular flexibility index (Phi) is 5.66. The molecule has 0 saturated carbocycles. The maximum atomic E-state index is 12.1. The molecule has 0 spiro atoms. The number of nitrogens with two attached hydrogens (primary N) is 1. The maximum absolute atomic E-state index is 12.1. The highest BCUT2D eigenvalue weighted by atomic mass is 32.2. The molecule has 0 aromatic heterocycles. The normalized spacial score (nSPS) is 14.0. The summed E-state index contributed by atoms with van der Waals surface area (Å²) in [6.45, 7) is 0.0367. The fourth-order valence-corrected chi connectivity index (χ4v) is 4.21. The Morgan fingerprint density at radius 1 is 1.07 bits per heavy atom. The highest BCUT2D eigenvalue weighted by molar-refractivity contribution is 7.89. The number of benzene rings is 2. The van der Waals surface area contributed by atoms with Gasteiger partial charge in [-0.2, -0.15) is 0 Å². The summed E-state index contributed by atoms with van der Waals surface area (Å²) >= 11 is 0. The minimum Gasteiger partial charge on any atom is -0.481 e. The number of primary sulfonamides is 1. The molecule has 0 fully saturated rings. The number of carboxylic acids is 1. The molecule has 1 aliphatic carbocycles. The Balaban J connectivity index is 1.69. The Morgan fingerprint density at radius 2 is 1.61 bits per heavy atom. The van der Waals surface area contributed by atoms with Crippen molar-refractivity contribution in [3.05, 3.63) is 59.7 Å². The minimum absolute atomic E-state index is 0.0367. The van der Waals surface area contributed by atoms with Crippen LogP contribution in [0.5, 0.6) is 0 Å². The number of carbonyl (C=O) groups excluding carboxylic acids is 1. The van der Waals surface area contributed by atoms with Gasteiger partial charge in [0, 0.05) is 5.92 Å². The first kappa shape index (κ1) is 19.8. The van der Waals surface area contributed by atoms with E-state index in [-0.39, 0.29) is 12.5 Å². The molecular formula is C19H20N2O6S. The largest absolute Gasteiger partial charge is 0.481 e. The lowest BCUT2D eigenvalue weighted by Crippen LogP contribution is -2.43. The van der Waals surface area contributed by atoms with Crippen molar-refractivity contribution in [3.8, 4) is 11.1 Å². The van der Waals surface area contributed by atoms with Crippen LogP contribution in [0.15, 0.2) is 48.5 Å². The third kappa shape index (κ3) is 4.68. The quantitative estimate of drug-likeness (QED) is 0.642. The van der Waals surface area contributed by atoms with Crippen molar-refractivity contribution < 1.29 is 27.9 Å². The van der Waals surface area contributed by atoms with Gasteiger partial charge in [0.1, 0.15) is 6.61 Å². The van der Waals surface area contributed by atoms with E-state index in [0.717, 1.165) is 22.3 Å². The molecule has 2 aromatic rings. The van der Waals surface area contributed by atoms with Crippen molar-refractivity contribution in [2.24, 2.45) is 5.14 Å². The average molecular weight is 404 g/mol. The molecule has 148 valence electrons. The average Bonchev–Trinajstić information content (AvgIpc) is 2.92. The number of amides is 1. The number of nitrogens with one attached hydrogen (secondary N) is 1. The molecule has 28 heavy (non-hydrogen) atoms. The summed E-state index contributed by atoms with van der Waals surface area (Å²) in [5, 5.41) is 16.1. The summed E-state index contributed by atoms with van der Waals surface area (Å²) in [5.41, 5.74) is 4.21. The molecule has 0 heterocycles. The molecule has 2 aromatic carbocycles. The van der Waals surface area contributed by atoms with E-state index in [1.165, 1.54) is 0 Å². The molecule has 0 radical (unpaired) electrons. The Hall–Kier alpha value is -2.91. The summed E-state index contributed by atoms with van der Waals surface area (Å²) in [7, 11) is -3.96. The van der Waals surface area contributed by atoms with Crippen LogP contribution in [-0.2, 0) is 19.6 Å². The molecule has 0 aliphatic heterocycles. The van der Waals surface area contributed by atoms with Crippen molar-refractivity contribution in [1.29, 1.82) is 0 Å². The Bertz CT molecular complexity index is 959. The van der Waals surface area contributed by atoms with Crippen LogP contribution in [0.3, 0.4) is 0 Å². The predicted molar refractivity (Wildman–Crippen MR) is 102 cm³/mol. The van der Waals surface area contributed by atoms with Gasteiger partial charge in [0.25, 0.3) is 0 Å². The zero-order valence-electron chi connectivity index (χ0n) is 14.9. The van der Waals surface area contributed by atoms with E-state index >= 15 is 0 Å². The number of ether oxygens (including phenoxy) is 1. The van der Waals surface area contributed by atoms with Crippen molar-refractivity contribution in [2.75, 3.05) is 12.4 Å². The maximum Gasteiger partial charge on any atom is 0.407 e. The molecule has 0 bridgehead atoms. The molecular weight excluding hydrogens is 384 g/mol. The van der Waals surface area contributed by atoms with Gasteiger partial charge < -0.3 is 15.2 Å². The molecule has 3 rings (SSSR count). The lowest BCUT2D eigenvalue weighted by molar-refractivity contribution is -0.137. The molecule has 1 aliphatic rings. The van der Waals surface area contributed by atoms with Gasteiger partial charge in [-0.05, 0) is 22.3 Å². The van der Waals surface area contributed by atoms with Gasteiger partial charge in [0.15, 0.2) is 0 Å². The Labute approximate surface area is 162 Å². The number of hydrogen-bond acceptors (Lipinski definition) is 5. The van der Waals surface area contributed by atoms with Crippen molar-refractivity contribution in [2.45, 2.75) is 18.4 Å². The molecule has 1 atom stereocenters. The fourth-order valence-electron chi connectivity index (χ4n) is 3.45. The second-order valence-electron chi connectivity index (χ2n) is 6.59. The summed E-state index contributed by atoms with van der Waals surface area (Å²) in [6.07, 6.45) is -1.47. The number of sulfonamides is 1. The second-order valence-corrected chi connectivity index (χ2v) is 8.25. The van der Waals surface area contributed by atoms with Crippen LogP contribution in [0.2, 0.25) is 0 Å². The zero-order valence-corrected chi connectivity index (χ0v) is 15.7. The highest BCUT2D eigenvalue weighted by Crippen LogP contribution is 2.44. The van der Waals surface area contributed by atoms with Crippen LogP contribution in [0.4, 0.5) is 4.79 Å². The molecule has 1 amide bonds. The number of carboxylic acid groups (broad SMARTS) is 1. The zero-order chi connectivity index (χ0) is 20.3. The monoisotopic (exact) mass is 404 g/mol. The van der Waals surface area contributed by atoms with Gasteiger partial charge >= 0.3 is 12.1 Å². The topological polar surface area (TPSA) is 136 Å². The van der Waals surface area contributed by atoms with Gasteiger partial charge in [0.2, 0.25) is 10.0 Å². The summed E-state index contributed by atoms with van der Waals surface area (Å²) in [4.78, 5) is 23.0. The first-order valence-electron chi connectivity index (χ1n) is 8.58. The van der Waals surface area contributed by atoms with Crippen molar-refractivity contribution >= 4 is 22.1 Å². The van der Waals surface area contributed by atoms with Crippen LogP contribution in [-0.4, -0.2) is 44.0 Å². The molecule has 4 N–H and O–H groups in total. The summed E-state index contributed by atoms with van der Waals surface area (Å²) in [5.74, 6) is -2.11. The third-order valence-corrected chi connectivity index (χ3v) is 5.39. The lowest BCUT2D eigenvalue weighted by atomic mass is 9.98. The number of rotatable bonds is 7. The van der Waals surface area contributed by atoms with E-state index in [9.17, 15) is 18.0 Å². The summed E-state index contributed by atoms with van der Waals surface area (Å²) in [6, 6.07) is 14.5. The van der Waals surface area contributed by atoms with E-state index in [1.807, 2.05) is 48.5 Å². The van der Waals surface area contributed by atoms with Gasteiger partial charge in [-0.3, -0.25) is 4.79 Å². The highest BCUT2D eigenvalue weighted by Gasteiger charge is 2.29. The SMILES string of the molecule is NS(=O)(=O)C[C@H](CC(=O)O)NC(=O)OCC1c2ccccc2-c2ccccc21. The smallest absolute Gasteiger partial charge is 0.407 e. The minimum atomic E-state index is -3.96. The van der Waals surface area contributed by atoms with Gasteiger partial charge in [-0.1, -0.05) is 48.5 Å². The van der Waals surface area contributed by atoms with Crippen molar-refractivity contribution in [1.82, 2.24) is 5.32 Å². The Morgan fingerprint density at radius 3 is 2.11 bits per heavy atom. The van der Waals surface area contributed by atoms with Crippen LogP contribution < -0.4 is 10.5 Å². The van der Waals surface area contributed by atoms with Gasteiger partial charge in [0.05, 0.1) is 18.2 Å². The molecule has 9 heteroatoms. The number of aliphatic carboxylic acids is 1. The van der Waals surface area contributed by atoms with E-state index in [2.05, 4.69) is 5.32 Å². The number of fused-ring (bicyclic) bond motifs is 3. The number of alkyl carbamates (subject to hydrolysis) is 1. The van der Waals surface area contributed by atoms with Crippen LogP contribution in [0, 0.1) is 0 Å². The number of carbonyl (C=O) groups is 2. The van der Waals surface area contributed by atoms with E-state index in [4.69, 9.17) is 15.0 Å². The van der Waals surface area contributed by atoms with E-state index < -0.39 is 40.3 Å². The molecule has 8 nitrogen and oxygen atoms in total. The first-order chi connectivity index (χ1) is 13.2. The van der Waals surface area contributed by atoms with Gasteiger partial charge in [-0.15, -0.1) is 0 Å². The summed E-state index contributed by atoms with van der Waals surface area (Å²) < 4.78 is 27.8. The standard InChI is InChI=1S/C19H20N2O6S/c20-28(25,26)11-12(9-18(22)23)21-19(24)27-10-17-15-7-3-1-5-13(15)14-6-2-4-8-16(14)17/h1-8,12,17H,9-11H2,(H,21,24)(H,22,23)(H2,20,25,26)/t12-/m0/s1. The fraction of sp³-hybridized carbons (Fsp3) is 0.263. The first-order valence-corrected chi connectivity index (χ1v) is 10.3. The second kappa shape index (κ2) is 7.99. The van der Waals surface area contributed by atoms with E-state index in [1.54, 1.807) is 0 Å². The van der Waals surface area contributed by atoms with Crippen LogP contribution >= 0.6 is 0 Å². The molecule has 0 unspecified atom stereocenters. The lowest BCUT2D eigenvalue weighted by Gasteiger charge is -2.18. The molecule has 0 saturated heterocycles. The van der Waals surface area contributed by atoms with Crippen LogP contribution in [0.1, 0.15) is 23.5 Å². The van der Waals surface area contributed by atoms with Crippen molar-refractivity contribution in [3.63, 3.8) is 0 Å².